The SMILES string of the molecule is CCC(O)CNc1cc2n[nH]c(=O)n2cn1. The average molecular weight is 223 g/mol. The number of aliphatic hydroxyl groups excluding tert-OH is 1. The van der Waals surface area contributed by atoms with Crippen molar-refractivity contribution < 1.29 is 5.11 Å². The van der Waals surface area contributed by atoms with Gasteiger partial charge in [-0.3, -0.25) is 0 Å². The van der Waals surface area contributed by atoms with E-state index >= 15 is 0 Å². The molecule has 1 unspecified atom stereocenters. The maximum absolute atomic E-state index is 11.1. The molecule has 0 aromatic carbocycles. The Morgan fingerprint density at radius 3 is 3.25 bits per heavy atom. The molecule has 0 aliphatic rings. The van der Waals surface area contributed by atoms with E-state index in [0.717, 1.165) is 0 Å². The Labute approximate surface area is 91.1 Å². The van der Waals surface area contributed by atoms with Crippen molar-refractivity contribution in [3.63, 3.8) is 0 Å². The maximum atomic E-state index is 11.1. The van der Waals surface area contributed by atoms with Crippen LogP contribution in [0.2, 0.25) is 0 Å². The van der Waals surface area contributed by atoms with Crippen LogP contribution >= 0.6 is 0 Å². The molecule has 0 bridgehead atoms. The zero-order valence-corrected chi connectivity index (χ0v) is 8.84. The number of hydrogen-bond acceptors (Lipinski definition) is 5. The third-order valence-electron chi connectivity index (χ3n) is 2.30. The van der Waals surface area contributed by atoms with Crippen molar-refractivity contribution in [1.82, 2.24) is 19.6 Å². The van der Waals surface area contributed by atoms with E-state index in [4.69, 9.17) is 0 Å². The molecule has 2 rings (SSSR count). The molecule has 0 saturated heterocycles. The van der Waals surface area contributed by atoms with E-state index in [1.165, 1.54) is 10.7 Å². The lowest BCUT2D eigenvalue weighted by atomic mass is 10.3. The number of fused-ring (bicyclic) bond motifs is 1. The number of rotatable bonds is 4. The summed E-state index contributed by atoms with van der Waals surface area (Å²) in [6.07, 6.45) is 1.67. The maximum Gasteiger partial charge on any atom is 0.348 e. The second-order valence-electron chi connectivity index (χ2n) is 3.47. The molecule has 2 aromatic heterocycles. The third-order valence-corrected chi connectivity index (χ3v) is 2.30. The quantitative estimate of drug-likeness (QED) is 0.655. The van der Waals surface area contributed by atoms with Gasteiger partial charge in [-0.15, -0.1) is 0 Å². The van der Waals surface area contributed by atoms with Crippen molar-refractivity contribution in [2.45, 2.75) is 19.4 Å². The van der Waals surface area contributed by atoms with Crippen LogP contribution in [0.25, 0.3) is 5.65 Å². The van der Waals surface area contributed by atoms with Crippen LogP contribution in [0.15, 0.2) is 17.2 Å². The fourth-order valence-corrected chi connectivity index (χ4v) is 1.27. The third kappa shape index (κ3) is 2.03. The summed E-state index contributed by atoms with van der Waals surface area (Å²) in [5.74, 6) is 0.582. The van der Waals surface area contributed by atoms with Gasteiger partial charge < -0.3 is 10.4 Å². The van der Waals surface area contributed by atoms with E-state index in [1.807, 2.05) is 6.92 Å². The van der Waals surface area contributed by atoms with Crippen LogP contribution in [0.4, 0.5) is 5.82 Å². The molecule has 7 nitrogen and oxygen atoms in total. The van der Waals surface area contributed by atoms with Crippen LogP contribution in [0.5, 0.6) is 0 Å². The molecule has 2 heterocycles. The van der Waals surface area contributed by atoms with E-state index in [9.17, 15) is 9.90 Å². The first-order valence-electron chi connectivity index (χ1n) is 5.05. The highest BCUT2D eigenvalue weighted by atomic mass is 16.3. The first-order chi connectivity index (χ1) is 7.70. The minimum Gasteiger partial charge on any atom is -0.391 e. The van der Waals surface area contributed by atoms with Crippen molar-refractivity contribution in [1.29, 1.82) is 0 Å². The van der Waals surface area contributed by atoms with Crippen LogP contribution in [0, 0.1) is 0 Å². The summed E-state index contributed by atoms with van der Waals surface area (Å²) in [5.41, 5.74) is 0.177. The van der Waals surface area contributed by atoms with Gasteiger partial charge in [0.1, 0.15) is 12.1 Å². The van der Waals surface area contributed by atoms with Crippen molar-refractivity contribution in [3.8, 4) is 0 Å². The van der Waals surface area contributed by atoms with Crippen LogP contribution in [-0.4, -0.2) is 37.3 Å². The molecule has 0 radical (unpaired) electrons. The molecule has 16 heavy (non-hydrogen) atoms. The first-order valence-corrected chi connectivity index (χ1v) is 5.05. The highest BCUT2D eigenvalue weighted by Gasteiger charge is 2.04. The predicted octanol–water partition coefficient (Wildman–Crippen LogP) is -0.400. The van der Waals surface area contributed by atoms with E-state index in [-0.39, 0.29) is 5.69 Å². The van der Waals surface area contributed by atoms with Gasteiger partial charge in [-0.2, -0.15) is 5.10 Å². The molecule has 0 fully saturated rings. The molecule has 7 heteroatoms. The minimum atomic E-state index is -0.403. The Morgan fingerprint density at radius 1 is 1.69 bits per heavy atom. The van der Waals surface area contributed by atoms with Gasteiger partial charge in [-0.1, -0.05) is 6.92 Å². The second-order valence-corrected chi connectivity index (χ2v) is 3.47. The summed E-state index contributed by atoms with van der Waals surface area (Å²) in [6.45, 7) is 2.32. The molecular formula is C9H13N5O2. The Bertz CT molecular complexity index is 532. The normalized spacial score (nSPS) is 12.9. The van der Waals surface area contributed by atoms with Gasteiger partial charge in [-0.05, 0) is 6.42 Å². The van der Waals surface area contributed by atoms with Crippen molar-refractivity contribution in [2.75, 3.05) is 11.9 Å². The number of aliphatic hydroxyl groups is 1. The Morgan fingerprint density at radius 2 is 2.50 bits per heavy atom. The lowest BCUT2D eigenvalue weighted by Gasteiger charge is -2.09. The van der Waals surface area contributed by atoms with Gasteiger partial charge in [0.05, 0.1) is 6.10 Å². The molecule has 0 aliphatic carbocycles. The highest BCUT2D eigenvalue weighted by molar-refractivity contribution is 5.48. The minimum absolute atomic E-state index is 0.317. The lowest BCUT2D eigenvalue weighted by Crippen LogP contribution is -2.19. The zero-order valence-electron chi connectivity index (χ0n) is 8.84. The summed E-state index contributed by atoms with van der Waals surface area (Å²) in [4.78, 5) is 15.2. The standard InChI is InChI=1S/C9H13N5O2/c1-2-6(15)4-10-7-3-8-12-13-9(16)14(8)5-11-7/h3,5-6,10,15H,2,4H2,1H3,(H,13,16). The largest absolute Gasteiger partial charge is 0.391 e. The fraction of sp³-hybridized carbons (Fsp3) is 0.444. The highest BCUT2D eigenvalue weighted by Crippen LogP contribution is 2.04. The molecule has 0 saturated carbocycles. The Balaban J connectivity index is 2.17. The van der Waals surface area contributed by atoms with Crippen LogP contribution in [0.3, 0.4) is 0 Å². The number of aromatic nitrogens is 4. The lowest BCUT2D eigenvalue weighted by molar-refractivity contribution is 0.183. The number of hydrogen-bond donors (Lipinski definition) is 3. The number of nitrogens with one attached hydrogen (secondary N) is 2. The summed E-state index contributed by atoms with van der Waals surface area (Å²) in [6, 6.07) is 1.64. The van der Waals surface area contributed by atoms with Gasteiger partial charge in [0, 0.05) is 12.6 Å². The van der Waals surface area contributed by atoms with Gasteiger partial charge in [0.25, 0.3) is 0 Å². The monoisotopic (exact) mass is 223 g/mol. The fourth-order valence-electron chi connectivity index (χ4n) is 1.27. The number of nitrogens with zero attached hydrogens (tertiary/aromatic N) is 3. The molecule has 0 spiro atoms. The van der Waals surface area contributed by atoms with E-state index in [1.54, 1.807) is 6.07 Å². The summed E-state index contributed by atoms with van der Waals surface area (Å²) in [5, 5.41) is 18.5. The number of anilines is 1. The van der Waals surface area contributed by atoms with Crippen LogP contribution in [0.1, 0.15) is 13.3 Å². The molecule has 86 valence electrons. The summed E-state index contributed by atoms with van der Waals surface area (Å²) >= 11 is 0. The molecule has 3 N–H and O–H groups in total. The van der Waals surface area contributed by atoms with Crippen LogP contribution in [-0.2, 0) is 0 Å². The second kappa shape index (κ2) is 4.31. The van der Waals surface area contributed by atoms with Crippen molar-refractivity contribution >= 4 is 11.5 Å². The van der Waals surface area contributed by atoms with Gasteiger partial charge >= 0.3 is 5.69 Å². The summed E-state index contributed by atoms with van der Waals surface area (Å²) < 4.78 is 1.31. The molecule has 0 aliphatic heterocycles. The van der Waals surface area contributed by atoms with Crippen molar-refractivity contribution in [3.05, 3.63) is 22.9 Å². The van der Waals surface area contributed by atoms with E-state index in [0.29, 0.717) is 24.4 Å². The topological polar surface area (TPSA) is 95.3 Å². The van der Waals surface area contributed by atoms with Gasteiger partial charge in [0.2, 0.25) is 0 Å². The van der Waals surface area contributed by atoms with E-state index in [2.05, 4.69) is 20.5 Å². The average Bonchev–Trinajstić information content (AvgIpc) is 2.67. The summed E-state index contributed by atoms with van der Waals surface area (Å²) in [7, 11) is 0. The van der Waals surface area contributed by atoms with Crippen molar-refractivity contribution in [2.24, 2.45) is 0 Å². The van der Waals surface area contributed by atoms with Crippen LogP contribution < -0.4 is 11.0 Å². The Kier molecular flexibility index (Phi) is 2.86. The first kappa shape index (κ1) is 10.6. The molecule has 1 atom stereocenters. The smallest absolute Gasteiger partial charge is 0.348 e. The van der Waals surface area contributed by atoms with Gasteiger partial charge in [0.15, 0.2) is 5.65 Å². The zero-order chi connectivity index (χ0) is 11.5. The molecule has 2 aromatic rings. The Hall–Kier alpha value is -1.89. The van der Waals surface area contributed by atoms with Gasteiger partial charge in [-0.25, -0.2) is 19.3 Å². The molecule has 0 amide bonds. The number of aromatic amines is 1. The molecular weight excluding hydrogens is 210 g/mol. The van der Waals surface area contributed by atoms with E-state index < -0.39 is 6.10 Å². The predicted molar refractivity (Wildman–Crippen MR) is 58.4 cm³/mol. The number of H-pyrrole nitrogens is 1.